The fraction of sp³-hybridized carbons (Fsp3) is 0.417. The summed E-state index contributed by atoms with van der Waals surface area (Å²) in [7, 11) is 0. The molecule has 1 fully saturated rings. The second kappa shape index (κ2) is 3.93. The molecule has 0 aromatic heterocycles. The Morgan fingerprint density at radius 1 is 1.27 bits per heavy atom. The van der Waals surface area contributed by atoms with Gasteiger partial charge in [-0.1, -0.05) is 30.3 Å². The number of carbonyl (C=O) groups is 1. The van der Waals surface area contributed by atoms with E-state index in [4.69, 9.17) is 0 Å². The largest absolute Gasteiger partial charge is 0.333 e. The molecule has 15 heavy (non-hydrogen) atoms. The smallest absolute Gasteiger partial charge is 0.318 e. The average Bonchev–Trinajstić information content (AvgIpc) is 2.47. The van der Waals surface area contributed by atoms with Crippen molar-refractivity contribution in [3.05, 3.63) is 35.9 Å². The van der Waals surface area contributed by atoms with Crippen molar-refractivity contribution >= 4 is 6.03 Å². The van der Waals surface area contributed by atoms with E-state index in [1.165, 1.54) is 5.56 Å². The van der Waals surface area contributed by atoms with Crippen LogP contribution < -0.4 is 5.32 Å². The molecule has 2 rings (SSSR count). The van der Waals surface area contributed by atoms with Crippen LogP contribution in [0.15, 0.2) is 30.3 Å². The number of nitrogens with one attached hydrogen (secondary N) is 1. The van der Waals surface area contributed by atoms with Gasteiger partial charge in [-0.05, 0) is 19.4 Å². The lowest BCUT2D eigenvalue weighted by molar-refractivity contribution is 0.202. The molecule has 1 saturated heterocycles. The maximum absolute atomic E-state index is 11.6. The third-order valence-electron chi connectivity index (χ3n) is 3.02. The summed E-state index contributed by atoms with van der Waals surface area (Å²) in [4.78, 5) is 13.5. The molecule has 0 saturated carbocycles. The van der Waals surface area contributed by atoms with Gasteiger partial charge in [-0.15, -0.1) is 0 Å². The van der Waals surface area contributed by atoms with E-state index in [1.54, 1.807) is 0 Å². The fourth-order valence-corrected chi connectivity index (χ4v) is 1.85. The summed E-state index contributed by atoms with van der Waals surface area (Å²) in [5.41, 5.74) is 1.17. The van der Waals surface area contributed by atoms with E-state index in [-0.39, 0.29) is 18.1 Å². The molecule has 1 heterocycles. The van der Waals surface area contributed by atoms with Gasteiger partial charge in [0.25, 0.3) is 0 Å². The SMILES string of the molecule is CC1NC(=O)N(Cc2ccccc2)C1C. The molecule has 0 aliphatic carbocycles. The van der Waals surface area contributed by atoms with Crippen LogP contribution in [-0.4, -0.2) is 23.0 Å². The maximum atomic E-state index is 11.6. The van der Waals surface area contributed by atoms with Crippen LogP contribution in [0.2, 0.25) is 0 Å². The first kappa shape index (κ1) is 10.0. The number of carbonyl (C=O) groups excluding carboxylic acids is 1. The monoisotopic (exact) mass is 204 g/mol. The molecule has 0 bridgehead atoms. The molecule has 2 atom stereocenters. The minimum absolute atomic E-state index is 0.0406. The highest BCUT2D eigenvalue weighted by atomic mass is 16.2. The Kier molecular flexibility index (Phi) is 2.62. The van der Waals surface area contributed by atoms with Crippen LogP contribution >= 0.6 is 0 Å². The number of nitrogens with zero attached hydrogens (tertiary/aromatic N) is 1. The zero-order chi connectivity index (χ0) is 10.8. The van der Waals surface area contributed by atoms with Gasteiger partial charge in [0, 0.05) is 12.6 Å². The van der Waals surface area contributed by atoms with Gasteiger partial charge >= 0.3 is 6.03 Å². The topological polar surface area (TPSA) is 32.3 Å². The zero-order valence-electron chi connectivity index (χ0n) is 9.10. The molecule has 1 aromatic carbocycles. The first-order valence-corrected chi connectivity index (χ1v) is 5.29. The number of hydrogen-bond acceptors (Lipinski definition) is 1. The maximum Gasteiger partial charge on any atom is 0.318 e. The Bertz CT molecular complexity index is 350. The summed E-state index contributed by atoms with van der Waals surface area (Å²) in [6.45, 7) is 4.80. The van der Waals surface area contributed by atoms with Gasteiger partial charge in [0.2, 0.25) is 0 Å². The van der Waals surface area contributed by atoms with Gasteiger partial charge < -0.3 is 10.2 Å². The Morgan fingerprint density at radius 3 is 2.47 bits per heavy atom. The number of hydrogen-bond donors (Lipinski definition) is 1. The normalized spacial score (nSPS) is 25.5. The molecule has 80 valence electrons. The van der Waals surface area contributed by atoms with Gasteiger partial charge in [0.05, 0.1) is 6.04 Å². The highest BCUT2D eigenvalue weighted by Gasteiger charge is 2.32. The summed E-state index contributed by atoms with van der Waals surface area (Å²) in [5.74, 6) is 0. The van der Waals surface area contributed by atoms with Crippen molar-refractivity contribution in [3.8, 4) is 0 Å². The molecule has 1 N–H and O–H groups in total. The molecule has 2 amide bonds. The van der Waals surface area contributed by atoms with Crippen molar-refractivity contribution in [3.63, 3.8) is 0 Å². The molecule has 0 spiro atoms. The summed E-state index contributed by atoms with van der Waals surface area (Å²) in [6.07, 6.45) is 0. The van der Waals surface area contributed by atoms with E-state index in [0.717, 1.165) is 0 Å². The molecule has 3 nitrogen and oxygen atoms in total. The first-order valence-electron chi connectivity index (χ1n) is 5.29. The van der Waals surface area contributed by atoms with E-state index in [9.17, 15) is 4.79 Å². The Labute approximate surface area is 90.1 Å². The van der Waals surface area contributed by atoms with E-state index >= 15 is 0 Å². The lowest BCUT2D eigenvalue weighted by atomic mass is 10.1. The Balaban J connectivity index is 2.09. The van der Waals surface area contributed by atoms with Crippen LogP contribution in [0, 0.1) is 0 Å². The fourth-order valence-electron chi connectivity index (χ4n) is 1.85. The number of amides is 2. The van der Waals surface area contributed by atoms with E-state index in [1.807, 2.05) is 42.2 Å². The molecule has 1 aromatic rings. The van der Waals surface area contributed by atoms with Crippen molar-refractivity contribution in [2.24, 2.45) is 0 Å². The lowest BCUT2D eigenvalue weighted by Crippen LogP contribution is -2.32. The quantitative estimate of drug-likeness (QED) is 0.785. The van der Waals surface area contributed by atoms with Crippen LogP contribution in [-0.2, 0) is 6.54 Å². The van der Waals surface area contributed by atoms with Crippen molar-refractivity contribution in [1.29, 1.82) is 0 Å². The molecule has 1 aliphatic heterocycles. The highest BCUT2D eigenvalue weighted by molar-refractivity contribution is 5.77. The van der Waals surface area contributed by atoms with Crippen LogP contribution in [0.1, 0.15) is 19.4 Å². The first-order chi connectivity index (χ1) is 7.18. The second-order valence-corrected chi connectivity index (χ2v) is 4.09. The summed E-state index contributed by atoms with van der Waals surface area (Å²) in [6, 6.07) is 10.6. The standard InChI is InChI=1S/C12H16N2O/c1-9-10(2)14(12(15)13-9)8-11-6-4-3-5-7-11/h3-7,9-10H,8H2,1-2H3,(H,13,15). The van der Waals surface area contributed by atoms with Crippen LogP contribution in [0.5, 0.6) is 0 Å². The minimum atomic E-state index is 0.0406. The van der Waals surface area contributed by atoms with E-state index < -0.39 is 0 Å². The lowest BCUT2D eigenvalue weighted by Gasteiger charge is -2.21. The Morgan fingerprint density at radius 2 is 1.93 bits per heavy atom. The van der Waals surface area contributed by atoms with Crippen LogP contribution in [0.3, 0.4) is 0 Å². The van der Waals surface area contributed by atoms with Crippen molar-refractivity contribution in [2.75, 3.05) is 0 Å². The Hall–Kier alpha value is -1.51. The zero-order valence-corrected chi connectivity index (χ0v) is 9.10. The van der Waals surface area contributed by atoms with Crippen molar-refractivity contribution in [1.82, 2.24) is 10.2 Å². The van der Waals surface area contributed by atoms with Crippen molar-refractivity contribution in [2.45, 2.75) is 32.5 Å². The van der Waals surface area contributed by atoms with Crippen LogP contribution in [0.25, 0.3) is 0 Å². The predicted octanol–water partition coefficient (Wildman–Crippen LogP) is 1.99. The molecule has 2 unspecified atom stereocenters. The molecular weight excluding hydrogens is 188 g/mol. The third kappa shape index (κ3) is 1.96. The third-order valence-corrected chi connectivity index (χ3v) is 3.02. The number of urea groups is 1. The van der Waals surface area contributed by atoms with Gasteiger partial charge in [-0.3, -0.25) is 0 Å². The molecule has 3 heteroatoms. The minimum Gasteiger partial charge on any atom is -0.333 e. The average molecular weight is 204 g/mol. The van der Waals surface area contributed by atoms with Crippen molar-refractivity contribution < 1.29 is 4.79 Å². The van der Waals surface area contributed by atoms with Crippen LogP contribution in [0.4, 0.5) is 4.79 Å². The van der Waals surface area contributed by atoms with Gasteiger partial charge in [0.15, 0.2) is 0 Å². The number of benzene rings is 1. The second-order valence-electron chi connectivity index (χ2n) is 4.09. The van der Waals surface area contributed by atoms with Gasteiger partial charge in [-0.2, -0.15) is 0 Å². The van der Waals surface area contributed by atoms with E-state index in [0.29, 0.717) is 6.54 Å². The molecule has 1 aliphatic rings. The summed E-state index contributed by atoms with van der Waals surface area (Å²) < 4.78 is 0. The van der Waals surface area contributed by atoms with Gasteiger partial charge in [-0.25, -0.2) is 4.79 Å². The highest BCUT2D eigenvalue weighted by Crippen LogP contribution is 2.16. The predicted molar refractivity (Wildman–Crippen MR) is 59.4 cm³/mol. The summed E-state index contributed by atoms with van der Waals surface area (Å²) in [5, 5.41) is 2.92. The molecular formula is C12H16N2O. The van der Waals surface area contributed by atoms with E-state index in [2.05, 4.69) is 12.2 Å². The van der Waals surface area contributed by atoms with Gasteiger partial charge in [0.1, 0.15) is 0 Å². The number of rotatable bonds is 2. The summed E-state index contributed by atoms with van der Waals surface area (Å²) >= 11 is 0. The molecule has 0 radical (unpaired) electrons.